The number of ether oxygens (including phenoxy) is 2. The van der Waals surface area contributed by atoms with Crippen LogP contribution in [-0.4, -0.2) is 38.9 Å². The summed E-state index contributed by atoms with van der Waals surface area (Å²) in [5.41, 5.74) is 1.14. The summed E-state index contributed by atoms with van der Waals surface area (Å²) in [6.07, 6.45) is 2.49. The smallest absolute Gasteiger partial charge is 0.191 e. The number of benzene rings is 1. The van der Waals surface area contributed by atoms with Crippen molar-refractivity contribution < 1.29 is 9.47 Å². The van der Waals surface area contributed by atoms with Crippen molar-refractivity contribution in [3.05, 3.63) is 29.8 Å². The highest BCUT2D eigenvalue weighted by molar-refractivity contribution is 5.80. The molecule has 2 rings (SSSR count). The minimum atomic E-state index is 0.565. The summed E-state index contributed by atoms with van der Waals surface area (Å²) in [7, 11) is 1.67. The zero-order valence-corrected chi connectivity index (χ0v) is 12.9. The molecule has 0 radical (unpaired) electrons. The van der Waals surface area contributed by atoms with Gasteiger partial charge in [0.2, 0.25) is 0 Å². The first-order chi connectivity index (χ1) is 10.3. The van der Waals surface area contributed by atoms with Crippen molar-refractivity contribution in [2.24, 2.45) is 4.99 Å². The van der Waals surface area contributed by atoms with Gasteiger partial charge in [-0.05, 0) is 37.5 Å². The minimum Gasteiger partial charge on any atom is -0.491 e. The molecule has 2 N–H and O–H groups in total. The SMILES string of the molecule is CCNC(=NCc1cccc(OCCOC)c1)NC1CC1. The van der Waals surface area contributed by atoms with Gasteiger partial charge in [0.05, 0.1) is 13.2 Å². The zero-order valence-electron chi connectivity index (χ0n) is 12.9. The summed E-state index contributed by atoms with van der Waals surface area (Å²) in [6.45, 7) is 4.75. The molecule has 116 valence electrons. The van der Waals surface area contributed by atoms with E-state index in [0.29, 0.717) is 25.8 Å². The van der Waals surface area contributed by atoms with Crippen molar-refractivity contribution in [2.45, 2.75) is 32.4 Å². The highest BCUT2D eigenvalue weighted by Gasteiger charge is 2.21. The van der Waals surface area contributed by atoms with Crippen LogP contribution < -0.4 is 15.4 Å². The molecule has 0 amide bonds. The van der Waals surface area contributed by atoms with E-state index in [2.05, 4.69) is 28.6 Å². The van der Waals surface area contributed by atoms with Gasteiger partial charge in [-0.1, -0.05) is 12.1 Å². The molecule has 0 atom stereocenters. The average molecular weight is 291 g/mol. The van der Waals surface area contributed by atoms with E-state index in [0.717, 1.165) is 23.8 Å². The summed E-state index contributed by atoms with van der Waals surface area (Å²) >= 11 is 0. The molecule has 0 bridgehead atoms. The maximum absolute atomic E-state index is 5.61. The molecular formula is C16H25N3O2. The van der Waals surface area contributed by atoms with E-state index in [9.17, 15) is 0 Å². The van der Waals surface area contributed by atoms with Crippen LogP contribution in [0.3, 0.4) is 0 Å². The lowest BCUT2D eigenvalue weighted by atomic mass is 10.2. The Balaban J connectivity index is 1.89. The fraction of sp³-hybridized carbons (Fsp3) is 0.562. The van der Waals surface area contributed by atoms with Crippen molar-refractivity contribution in [1.29, 1.82) is 0 Å². The monoisotopic (exact) mass is 291 g/mol. The second-order valence-electron chi connectivity index (χ2n) is 5.10. The first-order valence-corrected chi connectivity index (χ1v) is 7.57. The second kappa shape index (κ2) is 8.52. The Morgan fingerprint density at radius 2 is 2.19 bits per heavy atom. The molecule has 1 aromatic rings. The largest absolute Gasteiger partial charge is 0.491 e. The number of hydrogen-bond acceptors (Lipinski definition) is 3. The van der Waals surface area contributed by atoms with Crippen LogP contribution in [0.2, 0.25) is 0 Å². The zero-order chi connectivity index (χ0) is 14.9. The number of rotatable bonds is 8. The molecule has 0 unspecified atom stereocenters. The van der Waals surface area contributed by atoms with Crippen LogP contribution in [0.5, 0.6) is 5.75 Å². The third-order valence-corrected chi connectivity index (χ3v) is 3.14. The standard InChI is InChI=1S/C16H25N3O2/c1-3-17-16(19-14-7-8-14)18-12-13-5-4-6-15(11-13)21-10-9-20-2/h4-6,11,14H,3,7-10,12H2,1-2H3,(H2,17,18,19). The van der Waals surface area contributed by atoms with Gasteiger partial charge in [-0.15, -0.1) is 0 Å². The summed E-state index contributed by atoms with van der Waals surface area (Å²) in [4.78, 5) is 4.62. The highest BCUT2D eigenvalue weighted by atomic mass is 16.5. The number of guanidine groups is 1. The highest BCUT2D eigenvalue weighted by Crippen LogP contribution is 2.18. The first kappa shape index (κ1) is 15.6. The summed E-state index contributed by atoms with van der Waals surface area (Å²) in [5, 5.41) is 6.68. The van der Waals surface area contributed by atoms with Crippen molar-refractivity contribution in [3.63, 3.8) is 0 Å². The molecule has 5 heteroatoms. The number of aliphatic imine (C=N–C) groups is 1. The Bertz CT molecular complexity index is 459. The van der Waals surface area contributed by atoms with Crippen LogP contribution in [0.4, 0.5) is 0 Å². The number of nitrogens with zero attached hydrogens (tertiary/aromatic N) is 1. The second-order valence-corrected chi connectivity index (χ2v) is 5.10. The van der Waals surface area contributed by atoms with Gasteiger partial charge in [-0.2, -0.15) is 0 Å². The molecule has 5 nitrogen and oxygen atoms in total. The van der Waals surface area contributed by atoms with Gasteiger partial charge >= 0.3 is 0 Å². The lowest BCUT2D eigenvalue weighted by Gasteiger charge is -2.10. The van der Waals surface area contributed by atoms with Crippen LogP contribution in [0.25, 0.3) is 0 Å². The summed E-state index contributed by atoms with van der Waals surface area (Å²) < 4.78 is 10.6. The Hall–Kier alpha value is -1.75. The van der Waals surface area contributed by atoms with Gasteiger partial charge in [0.15, 0.2) is 5.96 Å². The van der Waals surface area contributed by atoms with E-state index in [1.165, 1.54) is 12.8 Å². The molecule has 1 saturated carbocycles. The van der Waals surface area contributed by atoms with E-state index in [4.69, 9.17) is 9.47 Å². The van der Waals surface area contributed by atoms with E-state index >= 15 is 0 Å². The molecule has 0 aliphatic heterocycles. The van der Waals surface area contributed by atoms with Crippen molar-refractivity contribution >= 4 is 5.96 Å². The molecule has 0 spiro atoms. The summed E-state index contributed by atoms with van der Waals surface area (Å²) in [5.74, 6) is 1.76. The van der Waals surface area contributed by atoms with Crippen molar-refractivity contribution in [2.75, 3.05) is 26.9 Å². The van der Waals surface area contributed by atoms with Gasteiger partial charge in [0.1, 0.15) is 12.4 Å². The Morgan fingerprint density at radius 1 is 1.33 bits per heavy atom. The molecule has 21 heavy (non-hydrogen) atoms. The number of nitrogens with one attached hydrogen (secondary N) is 2. The van der Waals surface area contributed by atoms with Gasteiger partial charge in [0.25, 0.3) is 0 Å². The van der Waals surface area contributed by atoms with Crippen molar-refractivity contribution in [3.8, 4) is 5.75 Å². The average Bonchev–Trinajstić information content (AvgIpc) is 3.30. The van der Waals surface area contributed by atoms with Gasteiger partial charge < -0.3 is 20.1 Å². The number of methoxy groups -OCH3 is 1. The summed E-state index contributed by atoms with van der Waals surface area (Å²) in [6, 6.07) is 8.64. The predicted molar refractivity (Wildman–Crippen MR) is 84.8 cm³/mol. The fourth-order valence-corrected chi connectivity index (χ4v) is 1.89. The van der Waals surface area contributed by atoms with E-state index in [1.807, 2.05) is 18.2 Å². The van der Waals surface area contributed by atoms with Crippen LogP contribution in [0.15, 0.2) is 29.3 Å². The Labute approximate surface area is 126 Å². The van der Waals surface area contributed by atoms with Crippen molar-refractivity contribution in [1.82, 2.24) is 10.6 Å². The maximum Gasteiger partial charge on any atom is 0.191 e. The molecule has 1 aliphatic rings. The molecule has 1 aliphatic carbocycles. The van der Waals surface area contributed by atoms with Crippen LogP contribution in [0.1, 0.15) is 25.3 Å². The Morgan fingerprint density at radius 3 is 2.90 bits per heavy atom. The quantitative estimate of drug-likeness (QED) is 0.436. The fourth-order valence-electron chi connectivity index (χ4n) is 1.89. The van der Waals surface area contributed by atoms with Gasteiger partial charge in [0, 0.05) is 19.7 Å². The van der Waals surface area contributed by atoms with E-state index < -0.39 is 0 Å². The third kappa shape index (κ3) is 6.04. The molecule has 1 fully saturated rings. The van der Waals surface area contributed by atoms with Crippen LogP contribution in [-0.2, 0) is 11.3 Å². The maximum atomic E-state index is 5.61. The lowest BCUT2D eigenvalue weighted by Crippen LogP contribution is -2.38. The molecule has 0 saturated heterocycles. The van der Waals surface area contributed by atoms with E-state index in [1.54, 1.807) is 7.11 Å². The van der Waals surface area contributed by atoms with Gasteiger partial charge in [-0.3, -0.25) is 0 Å². The van der Waals surface area contributed by atoms with Crippen LogP contribution in [0, 0.1) is 0 Å². The first-order valence-electron chi connectivity index (χ1n) is 7.57. The third-order valence-electron chi connectivity index (χ3n) is 3.14. The number of hydrogen-bond donors (Lipinski definition) is 2. The predicted octanol–water partition coefficient (Wildman–Crippen LogP) is 1.93. The van der Waals surface area contributed by atoms with E-state index in [-0.39, 0.29) is 0 Å². The lowest BCUT2D eigenvalue weighted by molar-refractivity contribution is 0.146. The molecular weight excluding hydrogens is 266 g/mol. The Kier molecular flexibility index (Phi) is 6.34. The van der Waals surface area contributed by atoms with Gasteiger partial charge in [-0.25, -0.2) is 4.99 Å². The minimum absolute atomic E-state index is 0.565. The molecule has 0 aromatic heterocycles. The van der Waals surface area contributed by atoms with Crippen LogP contribution >= 0.6 is 0 Å². The molecule has 0 heterocycles. The normalized spacial score (nSPS) is 14.9. The topological polar surface area (TPSA) is 54.9 Å². The molecule has 1 aromatic carbocycles.